The third-order valence-corrected chi connectivity index (χ3v) is 4.63. The topological polar surface area (TPSA) is 94.8 Å². The summed E-state index contributed by atoms with van der Waals surface area (Å²) in [5.41, 5.74) is 1.33. The second-order valence-corrected chi connectivity index (χ2v) is 6.83. The third kappa shape index (κ3) is 4.84. The maximum absolute atomic E-state index is 12.7. The summed E-state index contributed by atoms with van der Waals surface area (Å²) in [6, 6.07) is 24.6. The van der Waals surface area contributed by atoms with E-state index in [0.717, 1.165) is 0 Å². The van der Waals surface area contributed by atoms with Crippen LogP contribution >= 0.6 is 0 Å². The summed E-state index contributed by atoms with van der Waals surface area (Å²) < 4.78 is 16.6. The molecular formula is C25H19NO6. The van der Waals surface area contributed by atoms with Crippen molar-refractivity contribution in [1.29, 1.82) is 0 Å². The molecule has 7 nitrogen and oxygen atoms in total. The average Bonchev–Trinajstić information content (AvgIpc) is 3.21. The number of furan rings is 1. The Kier molecular flexibility index (Phi) is 6.27. The first kappa shape index (κ1) is 20.9. The number of carbonyl (C=O) groups is 3. The molecule has 7 heteroatoms. The van der Waals surface area contributed by atoms with E-state index in [4.69, 9.17) is 13.9 Å². The molecule has 160 valence electrons. The van der Waals surface area contributed by atoms with Gasteiger partial charge in [-0.3, -0.25) is 14.9 Å². The fourth-order valence-electron chi connectivity index (χ4n) is 3.10. The smallest absolute Gasteiger partial charge is 0.375 e. The maximum Gasteiger partial charge on any atom is 0.375 e. The molecular weight excluding hydrogens is 410 g/mol. The van der Waals surface area contributed by atoms with Gasteiger partial charge in [-0.2, -0.15) is 0 Å². The normalized spacial score (nSPS) is 10.5. The van der Waals surface area contributed by atoms with Crippen molar-refractivity contribution in [2.24, 2.45) is 0 Å². The molecule has 0 aliphatic carbocycles. The summed E-state index contributed by atoms with van der Waals surface area (Å²) in [4.78, 5) is 36.8. The lowest BCUT2D eigenvalue weighted by Gasteiger charge is -2.08. The third-order valence-electron chi connectivity index (χ3n) is 4.63. The lowest BCUT2D eigenvalue weighted by Crippen LogP contribution is -2.34. The first-order valence-electron chi connectivity index (χ1n) is 9.86. The summed E-state index contributed by atoms with van der Waals surface area (Å²) in [6.07, 6.45) is 0. The van der Waals surface area contributed by atoms with Crippen LogP contribution in [0.15, 0.2) is 89.3 Å². The van der Waals surface area contributed by atoms with Crippen molar-refractivity contribution >= 4 is 28.8 Å². The molecule has 0 aliphatic heterocycles. The zero-order valence-corrected chi connectivity index (χ0v) is 16.9. The number of carbonyl (C=O) groups excluding carboxylic acids is 3. The summed E-state index contributed by atoms with van der Waals surface area (Å²) in [5.74, 6) is -1.56. The van der Waals surface area contributed by atoms with Crippen molar-refractivity contribution in [3.05, 3.63) is 102 Å². The van der Waals surface area contributed by atoms with E-state index in [1.807, 2.05) is 30.3 Å². The number of fused-ring (bicyclic) bond motifs is 1. The molecule has 2 amide bonds. The lowest BCUT2D eigenvalue weighted by atomic mass is 10.1. The number of amides is 2. The predicted octanol–water partition coefficient (Wildman–Crippen LogP) is 4.13. The van der Waals surface area contributed by atoms with Gasteiger partial charge in [-0.1, -0.05) is 54.6 Å². The molecule has 0 atom stereocenters. The van der Waals surface area contributed by atoms with Crippen molar-refractivity contribution in [3.63, 3.8) is 0 Å². The Labute approximate surface area is 183 Å². The second kappa shape index (κ2) is 9.61. The van der Waals surface area contributed by atoms with Gasteiger partial charge in [0.05, 0.1) is 5.56 Å². The minimum Gasteiger partial charge on any atom is -0.489 e. The SMILES string of the molecule is O=C(COC(=O)c1oc2ccccc2c1COc1ccccc1)NC(=O)c1ccccc1. The van der Waals surface area contributed by atoms with Gasteiger partial charge in [0, 0.05) is 10.9 Å². The highest BCUT2D eigenvalue weighted by molar-refractivity contribution is 6.05. The number of para-hydroxylation sites is 2. The number of nitrogens with one attached hydrogen (secondary N) is 1. The molecule has 0 saturated heterocycles. The van der Waals surface area contributed by atoms with E-state index >= 15 is 0 Å². The van der Waals surface area contributed by atoms with Gasteiger partial charge in [-0.25, -0.2) is 4.79 Å². The van der Waals surface area contributed by atoms with Crippen molar-refractivity contribution in [2.45, 2.75) is 6.61 Å². The van der Waals surface area contributed by atoms with Crippen LogP contribution < -0.4 is 10.1 Å². The number of hydrogen-bond acceptors (Lipinski definition) is 6. The fourth-order valence-corrected chi connectivity index (χ4v) is 3.10. The summed E-state index contributed by atoms with van der Waals surface area (Å²) in [6.45, 7) is -0.558. The second-order valence-electron chi connectivity index (χ2n) is 6.83. The van der Waals surface area contributed by atoms with Crippen LogP contribution in [0.4, 0.5) is 0 Å². The molecule has 0 unspecified atom stereocenters. The zero-order valence-electron chi connectivity index (χ0n) is 16.9. The van der Waals surface area contributed by atoms with Crippen LogP contribution in [0.1, 0.15) is 26.5 Å². The van der Waals surface area contributed by atoms with Crippen molar-refractivity contribution < 1.29 is 28.3 Å². The van der Waals surface area contributed by atoms with Crippen LogP contribution in [0.2, 0.25) is 0 Å². The highest BCUT2D eigenvalue weighted by Crippen LogP contribution is 2.28. The van der Waals surface area contributed by atoms with E-state index in [-0.39, 0.29) is 12.4 Å². The van der Waals surface area contributed by atoms with E-state index in [1.54, 1.807) is 54.6 Å². The van der Waals surface area contributed by atoms with Crippen molar-refractivity contribution in [3.8, 4) is 5.75 Å². The minimum absolute atomic E-state index is 0.0516. The van der Waals surface area contributed by atoms with Crippen LogP contribution in [-0.4, -0.2) is 24.4 Å². The van der Waals surface area contributed by atoms with Gasteiger partial charge >= 0.3 is 5.97 Å². The van der Waals surface area contributed by atoms with E-state index < -0.39 is 24.4 Å². The van der Waals surface area contributed by atoms with Crippen LogP contribution in [0.3, 0.4) is 0 Å². The molecule has 3 aromatic carbocycles. The first-order valence-corrected chi connectivity index (χ1v) is 9.86. The number of rotatable bonds is 7. The molecule has 1 aromatic heterocycles. The number of ether oxygens (including phenoxy) is 2. The van der Waals surface area contributed by atoms with Gasteiger partial charge in [-0.15, -0.1) is 0 Å². The van der Waals surface area contributed by atoms with E-state index in [9.17, 15) is 14.4 Å². The maximum atomic E-state index is 12.7. The molecule has 4 aromatic rings. The predicted molar refractivity (Wildman–Crippen MR) is 116 cm³/mol. The number of benzene rings is 3. The van der Waals surface area contributed by atoms with E-state index in [2.05, 4.69) is 5.32 Å². The van der Waals surface area contributed by atoms with E-state index in [0.29, 0.717) is 27.8 Å². The number of imide groups is 1. The molecule has 0 bridgehead atoms. The molecule has 0 fully saturated rings. The zero-order chi connectivity index (χ0) is 22.3. The van der Waals surface area contributed by atoms with Gasteiger partial charge in [-0.05, 0) is 30.3 Å². The molecule has 32 heavy (non-hydrogen) atoms. The van der Waals surface area contributed by atoms with Crippen LogP contribution in [0.25, 0.3) is 11.0 Å². The average molecular weight is 429 g/mol. The quantitative estimate of drug-likeness (QED) is 0.444. The van der Waals surface area contributed by atoms with Crippen molar-refractivity contribution in [1.82, 2.24) is 5.32 Å². The van der Waals surface area contributed by atoms with Crippen molar-refractivity contribution in [2.75, 3.05) is 6.61 Å². The molecule has 0 aliphatic rings. The molecule has 0 saturated carbocycles. The molecule has 4 rings (SSSR count). The standard InChI is InChI=1S/C25H19NO6/c27-22(26-24(28)17-9-3-1-4-10-17)16-31-25(29)23-20(15-30-18-11-5-2-6-12-18)19-13-7-8-14-21(19)32-23/h1-14H,15-16H2,(H,26,27,28). The highest BCUT2D eigenvalue weighted by atomic mass is 16.5. The Hall–Kier alpha value is -4.39. The molecule has 1 heterocycles. The Bertz CT molecular complexity index is 1250. The molecule has 0 spiro atoms. The highest BCUT2D eigenvalue weighted by Gasteiger charge is 2.23. The fraction of sp³-hybridized carbons (Fsp3) is 0.0800. The number of esters is 1. The largest absolute Gasteiger partial charge is 0.489 e. The summed E-state index contributed by atoms with van der Waals surface area (Å²) >= 11 is 0. The first-order chi connectivity index (χ1) is 15.6. The van der Waals surface area contributed by atoms with Crippen LogP contribution in [0, 0.1) is 0 Å². The minimum atomic E-state index is -0.824. The van der Waals surface area contributed by atoms with Crippen LogP contribution in [0.5, 0.6) is 5.75 Å². The Morgan fingerprint density at radius 1 is 0.812 bits per heavy atom. The van der Waals surface area contributed by atoms with Gasteiger partial charge in [0.15, 0.2) is 6.61 Å². The number of hydrogen-bond donors (Lipinski definition) is 1. The Morgan fingerprint density at radius 2 is 1.47 bits per heavy atom. The molecule has 0 radical (unpaired) electrons. The van der Waals surface area contributed by atoms with Gasteiger partial charge in [0.25, 0.3) is 11.8 Å². The molecule has 1 N–H and O–H groups in total. The monoisotopic (exact) mass is 429 g/mol. The van der Waals surface area contributed by atoms with Gasteiger partial charge in [0.2, 0.25) is 5.76 Å². The Morgan fingerprint density at radius 3 is 2.22 bits per heavy atom. The summed E-state index contributed by atoms with van der Waals surface area (Å²) in [5, 5.41) is 2.89. The van der Waals surface area contributed by atoms with E-state index in [1.165, 1.54) is 0 Å². The Balaban J connectivity index is 1.44. The lowest BCUT2D eigenvalue weighted by molar-refractivity contribution is -0.123. The van der Waals surface area contributed by atoms with Crippen LogP contribution in [-0.2, 0) is 16.1 Å². The van der Waals surface area contributed by atoms with Gasteiger partial charge < -0.3 is 13.9 Å². The summed E-state index contributed by atoms with van der Waals surface area (Å²) in [7, 11) is 0. The van der Waals surface area contributed by atoms with Gasteiger partial charge in [0.1, 0.15) is 17.9 Å².